The number of carbonyl (C=O) groups excluding carboxylic acids is 1. The monoisotopic (exact) mass is 377 g/mol. The van der Waals surface area contributed by atoms with Crippen molar-refractivity contribution in [2.24, 2.45) is 0 Å². The summed E-state index contributed by atoms with van der Waals surface area (Å²) in [4.78, 5) is 21.4. The van der Waals surface area contributed by atoms with Crippen LogP contribution in [0, 0.1) is 13.8 Å². The Kier molecular flexibility index (Phi) is 6.34. The fourth-order valence-electron chi connectivity index (χ4n) is 2.58. The predicted molar refractivity (Wildman–Crippen MR) is 108 cm³/mol. The number of hydrogen-bond donors (Lipinski definition) is 1. The maximum Gasteiger partial charge on any atom is 0.258 e. The molecule has 2 aromatic carbocycles. The van der Waals surface area contributed by atoms with Crippen LogP contribution in [0.25, 0.3) is 11.4 Å². The molecule has 0 aliphatic carbocycles. The molecule has 1 heterocycles. The highest BCUT2D eigenvalue weighted by molar-refractivity contribution is 5.96. The molecule has 0 aliphatic heterocycles. The molecule has 0 atom stereocenters. The summed E-state index contributed by atoms with van der Waals surface area (Å²) < 4.78 is 11.0. The third-order valence-corrected chi connectivity index (χ3v) is 4.32. The number of benzene rings is 2. The van der Waals surface area contributed by atoms with Gasteiger partial charge in [-0.15, -0.1) is 0 Å². The van der Waals surface area contributed by atoms with Gasteiger partial charge in [-0.3, -0.25) is 4.79 Å². The van der Waals surface area contributed by atoms with Crippen LogP contribution in [0.5, 0.6) is 11.6 Å². The van der Waals surface area contributed by atoms with Crippen molar-refractivity contribution >= 4 is 5.91 Å². The molecule has 3 rings (SSSR count). The van der Waals surface area contributed by atoms with Crippen LogP contribution in [0.1, 0.15) is 21.5 Å². The summed E-state index contributed by atoms with van der Waals surface area (Å²) in [7, 11) is 1.58. The number of nitrogens with one attached hydrogen (secondary N) is 1. The van der Waals surface area contributed by atoms with Crippen LogP contribution in [0.4, 0.5) is 0 Å². The lowest BCUT2D eigenvalue weighted by Crippen LogP contribution is -2.27. The van der Waals surface area contributed by atoms with Gasteiger partial charge in [-0.25, -0.2) is 4.98 Å². The van der Waals surface area contributed by atoms with Gasteiger partial charge in [-0.2, -0.15) is 4.98 Å². The topological polar surface area (TPSA) is 73.3 Å². The Labute approximate surface area is 164 Å². The van der Waals surface area contributed by atoms with Crippen molar-refractivity contribution in [3.05, 3.63) is 71.4 Å². The second-order valence-electron chi connectivity index (χ2n) is 6.38. The zero-order valence-electron chi connectivity index (χ0n) is 16.2. The van der Waals surface area contributed by atoms with E-state index in [0.29, 0.717) is 24.7 Å². The van der Waals surface area contributed by atoms with Crippen LogP contribution in [-0.4, -0.2) is 36.1 Å². The summed E-state index contributed by atoms with van der Waals surface area (Å²) in [5, 5.41) is 2.78. The number of aryl methyl sites for hydroxylation is 2. The number of amides is 1. The van der Waals surface area contributed by atoms with E-state index in [-0.39, 0.29) is 17.4 Å². The largest absolute Gasteiger partial charge is 0.438 e. The van der Waals surface area contributed by atoms with E-state index >= 15 is 0 Å². The number of methoxy groups -OCH3 is 1. The predicted octanol–water partition coefficient (Wildman–Crippen LogP) is 3.93. The van der Waals surface area contributed by atoms with Crippen molar-refractivity contribution in [2.45, 2.75) is 13.8 Å². The zero-order chi connectivity index (χ0) is 19.9. The van der Waals surface area contributed by atoms with Gasteiger partial charge in [0.15, 0.2) is 5.82 Å². The van der Waals surface area contributed by atoms with Gasteiger partial charge in [-0.1, -0.05) is 36.4 Å². The summed E-state index contributed by atoms with van der Waals surface area (Å²) in [5.74, 6) is 1.02. The van der Waals surface area contributed by atoms with Gasteiger partial charge in [0.1, 0.15) is 11.3 Å². The van der Waals surface area contributed by atoms with Crippen LogP contribution in [0.3, 0.4) is 0 Å². The lowest BCUT2D eigenvalue weighted by molar-refractivity contribution is 0.0933. The van der Waals surface area contributed by atoms with Crippen LogP contribution < -0.4 is 10.1 Å². The molecule has 28 heavy (non-hydrogen) atoms. The van der Waals surface area contributed by atoms with E-state index in [1.807, 2.05) is 62.4 Å². The van der Waals surface area contributed by atoms with Gasteiger partial charge in [0.2, 0.25) is 5.88 Å². The Morgan fingerprint density at radius 3 is 2.57 bits per heavy atom. The van der Waals surface area contributed by atoms with Gasteiger partial charge >= 0.3 is 0 Å². The first-order valence-electron chi connectivity index (χ1n) is 9.03. The quantitative estimate of drug-likeness (QED) is 0.632. The molecule has 144 valence electrons. The Hall–Kier alpha value is -3.25. The van der Waals surface area contributed by atoms with E-state index in [9.17, 15) is 4.79 Å². The van der Waals surface area contributed by atoms with Gasteiger partial charge in [0.25, 0.3) is 5.91 Å². The first kappa shape index (κ1) is 19.5. The normalized spacial score (nSPS) is 10.5. The Morgan fingerprint density at radius 2 is 1.86 bits per heavy atom. The molecule has 0 spiro atoms. The first-order chi connectivity index (χ1) is 13.6. The molecule has 0 fully saturated rings. The Bertz CT molecular complexity index is 958. The summed E-state index contributed by atoms with van der Waals surface area (Å²) in [6.07, 6.45) is 1.49. The van der Waals surface area contributed by atoms with Crippen LogP contribution >= 0.6 is 0 Å². The van der Waals surface area contributed by atoms with Gasteiger partial charge in [-0.05, 0) is 37.1 Å². The van der Waals surface area contributed by atoms with Gasteiger partial charge < -0.3 is 14.8 Å². The highest BCUT2D eigenvalue weighted by atomic mass is 16.5. The van der Waals surface area contributed by atoms with Crippen LogP contribution in [0.2, 0.25) is 0 Å². The van der Waals surface area contributed by atoms with Crippen molar-refractivity contribution < 1.29 is 14.3 Å². The molecule has 6 heteroatoms. The average molecular weight is 377 g/mol. The smallest absolute Gasteiger partial charge is 0.258 e. The first-order valence-corrected chi connectivity index (χ1v) is 9.03. The van der Waals surface area contributed by atoms with E-state index in [2.05, 4.69) is 15.3 Å². The van der Waals surface area contributed by atoms with Gasteiger partial charge in [0, 0.05) is 25.4 Å². The summed E-state index contributed by atoms with van der Waals surface area (Å²) in [6.45, 7) is 4.85. The number of nitrogens with zero attached hydrogens (tertiary/aromatic N) is 2. The molecule has 1 N–H and O–H groups in total. The fraction of sp³-hybridized carbons (Fsp3) is 0.227. The summed E-state index contributed by atoms with van der Waals surface area (Å²) in [5.41, 5.74) is 3.38. The molecule has 0 aliphatic rings. The minimum Gasteiger partial charge on any atom is -0.438 e. The molecule has 3 aromatic rings. The number of carbonyl (C=O) groups is 1. The molecule has 1 aromatic heterocycles. The molecule has 0 bridgehead atoms. The number of aromatic nitrogens is 2. The minimum atomic E-state index is -0.310. The highest BCUT2D eigenvalue weighted by Gasteiger charge is 2.17. The minimum absolute atomic E-state index is 0.215. The van der Waals surface area contributed by atoms with Crippen LogP contribution in [-0.2, 0) is 4.74 Å². The number of rotatable bonds is 7. The molecular weight excluding hydrogens is 354 g/mol. The number of ether oxygens (including phenoxy) is 2. The van der Waals surface area contributed by atoms with E-state index in [1.54, 1.807) is 7.11 Å². The van der Waals surface area contributed by atoms with Crippen molar-refractivity contribution in [1.82, 2.24) is 15.3 Å². The summed E-state index contributed by atoms with van der Waals surface area (Å²) in [6, 6.07) is 15.3. The van der Waals surface area contributed by atoms with Crippen molar-refractivity contribution in [2.75, 3.05) is 20.3 Å². The lowest BCUT2D eigenvalue weighted by atomic mass is 10.1. The molecule has 0 unspecified atom stereocenters. The molecular formula is C22H23N3O3. The van der Waals surface area contributed by atoms with Crippen molar-refractivity contribution in [3.8, 4) is 23.0 Å². The van der Waals surface area contributed by atoms with Gasteiger partial charge in [0.05, 0.1) is 6.61 Å². The second-order valence-corrected chi connectivity index (χ2v) is 6.38. The van der Waals surface area contributed by atoms with Crippen molar-refractivity contribution in [3.63, 3.8) is 0 Å². The fourth-order valence-corrected chi connectivity index (χ4v) is 2.58. The van der Waals surface area contributed by atoms with Crippen LogP contribution in [0.15, 0.2) is 54.7 Å². The van der Waals surface area contributed by atoms with E-state index < -0.39 is 0 Å². The summed E-state index contributed by atoms with van der Waals surface area (Å²) >= 11 is 0. The molecule has 1 amide bonds. The SMILES string of the molecule is COCCNC(=O)c1cnc(-c2ccccc2)nc1Oc1ccc(C)c(C)c1. The number of hydrogen-bond acceptors (Lipinski definition) is 5. The second kappa shape index (κ2) is 9.10. The maximum absolute atomic E-state index is 12.6. The third-order valence-electron chi connectivity index (χ3n) is 4.32. The van der Waals surface area contributed by atoms with Crippen molar-refractivity contribution in [1.29, 1.82) is 0 Å². The standard InChI is InChI=1S/C22H23N3O3/c1-15-9-10-18(13-16(15)2)28-22-19(21(26)23-11-12-27-3)14-24-20(25-22)17-7-5-4-6-8-17/h4-10,13-14H,11-12H2,1-3H3,(H,23,26). The Morgan fingerprint density at radius 1 is 1.07 bits per heavy atom. The molecule has 0 radical (unpaired) electrons. The van der Waals surface area contributed by atoms with E-state index in [1.165, 1.54) is 6.20 Å². The zero-order valence-corrected chi connectivity index (χ0v) is 16.2. The highest BCUT2D eigenvalue weighted by Crippen LogP contribution is 2.27. The molecule has 0 saturated heterocycles. The average Bonchev–Trinajstić information content (AvgIpc) is 2.71. The molecule has 0 saturated carbocycles. The lowest BCUT2D eigenvalue weighted by Gasteiger charge is -2.12. The van der Waals surface area contributed by atoms with E-state index in [0.717, 1.165) is 16.7 Å². The Balaban J connectivity index is 1.96. The third kappa shape index (κ3) is 4.72. The maximum atomic E-state index is 12.6. The van der Waals surface area contributed by atoms with E-state index in [4.69, 9.17) is 9.47 Å². The molecule has 6 nitrogen and oxygen atoms in total.